The molecule has 10 atom stereocenters. The summed E-state index contributed by atoms with van der Waals surface area (Å²) < 4.78 is 29.1. The maximum atomic E-state index is 16.6. The Morgan fingerprint density at radius 2 is 1.74 bits per heavy atom. The molecule has 11 heteroatoms. The number of hydrogen-bond acceptors (Lipinski definition) is 8. The minimum absolute atomic E-state index is 0.0609. The summed E-state index contributed by atoms with van der Waals surface area (Å²) in [7, 11) is 4.01. The molecule has 0 aromatic carbocycles. The van der Waals surface area contributed by atoms with Gasteiger partial charge in [-0.2, -0.15) is 0 Å². The van der Waals surface area contributed by atoms with Gasteiger partial charge in [0.15, 0.2) is 5.78 Å². The molecular weight excluding hydrogens is 601 g/mol. The number of alkyl halides is 1. The zero-order chi connectivity index (χ0) is 33.8. The van der Waals surface area contributed by atoms with E-state index in [4.69, 9.17) is 9.47 Å². The predicted octanol–water partition coefficient (Wildman–Crippen LogP) is 3.89. The van der Waals surface area contributed by atoms with Crippen LogP contribution in [0, 0.1) is 23.2 Å². The van der Waals surface area contributed by atoms with E-state index >= 15 is 4.39 Å². The van der Waals surface area contributed by atoms with E-state index in [1.165, 1.54) is 25.7 Å². The zero-order valence-electron chi connectivity index (χ0n) is 29.6. The number of morpholine rings is 1. The van der Waals surface area contributed by atoms with Crippen LogP contribution in [0.1, 0.15) is 86.0 Å². The number of Topliss-reactive ketones (excluding diaryl/α,β-unsaturated/α-hetero) is 1. The highest BCUT2D eigenvalue weighted by Crippen LogP contribution is 2.51. The van der Waals surface area contributed by atoms with Gasteiger partial charge in [-0.15, -0.1) is 0 Å². The normalized spacial score (nSPS) is 37.4. The summed E-state index contributed by atoms with van der Waals surface area (Å²) in [6.45, 7) is 12.1. The second kappa shape index (κ2) is 13.2. The number of nitrogens with one attached hydrogen (secondary N) is 2. The first kappa shape index (κ1) is 34.6. The van der Waals surface area contributed by atoms with Gasteiger partial charge in [0.2, 0.25) is 0 Å². The molecule has 3 aliphatic carbocycles. The first-order valence-corrected chi connectivity index (χ1v) is 18.1. The number of rotatable bonds is 7. The van der Waals surface area contributed by atoms with Crippen LogP contribution in [-0.4, -0.2) is 121 Å². The first-order valence-electron chi connectivity index (χ1n) is 18.1. The van der Waals surface area contributed by atoms with Crippen molar-refractivity contribution in [3.05, 3.63) is 11.8 Å². The summed E-state index contributed by atoms with van der Waals surface area (Å²) in [6, 6.07) is -0.936. The number of likely N-dealkylation sites (tertiary alicyclic amines) is 1. The predicted molar refractivity (Wildman–Crippen MR) is 177 cm³/mol. The van der Waals surface area contributed by atoms with Gasteiger partial charge in [0.25, 0.3) is 5.91 Å². The smallest absolute Gasteiger partial charge is 0.407 e. The number of hydrogen-bond donors (Lipinski definition) is 2. The molecule has 47 heavy (non-hydrogen) atoms. The summed E-state index contributed by atoms with van der Waals surface area (Å²) in [5.41, 5.74) is -0.620. The van der Waals surface area contributed by atoms with Crippen molar-refractivity contribution < 1.29 is 28.2 Å². The van der Waals surface area contributed by atoms with Gasteiger partial charge in [-0.25, -0.2) is 9.18 Å². The number of ether oxygens (including phenoxy) is 2. The van der Waals surface area contributed by atoms with Gasteiger partial charge in [0, 0.05) is 44.3 Å². The molecule has 2 N–H and O–H groups in total. The minimum Gasteiger partial charge on any atom is -0.444 e. The van der Waals surface area contributed by atoms with E-state index in [1.54, 1.807) is 0 Å². The third kappa shape index (κ3) is 7.37. The zero-order valence-corrected chi connectivity index (χ0v) is 29.6. The fourth-order valence-electron chi connectivity index (χ4n) is 9.84. The number of fused-ring (bicyclic) bond motifs is 3. The molecule has 5 fully saturated rings. The van der Waals surface area contributed by atoms with Gasteiger partial charge in [0.05, 0.1) is 35.9 Å². The largest absolute Gasteiger partial charge is 0.444 e. The molecule has 3 saturated carbocycles. The Kier molecular flexibility index (Phi) is 9.75. The lowest BCUT2D eigenvalue weighted by molar-refractivity contribution is -0.219. The Balaban J connectivity index is 1.26. The molecule has 10 unspecified atom stereocenters. The van der Waals surface area contributed by atoms with Crippen molar-refractivity contribution in [2.45, 2.75) is 134 Å². The summed E-state index contributed by atoms with van der Waals surface area (Å²) in [4.78, 5) is 46.9. The molecule has 0 aromatic heterocycles. The number of alkyl carbamates (subject to hydrolysis) is 1. The number of carbonyl (C=O) groups excluding carboxylic acids is 3. The Morgan fingerprint density at radius 3 is 2.43 bits per heavy atom. The van der Waals surface area contributed by atoms with Crippen LogP contribution in [0.4, 0.5) is 9.18 Å². The average Bonchev–Trinajstić information content (AvgIpc) is 3.42. The van der Waals surface area contributed by atoms with Crippen molar-refractivity contribution in [2.24, 2.45) is 23.2 Å². The molecule has 6 rings (SSSR count). The lowest BCUT2D eigenvalue weighted by Crippen LogP contribution is -2.73. The monoisotopic (exact) mass is 659 g/mol. The Labute approximate surface area is 280 Å². The third-order valence-corrected chi connectivity index (χ3v) is 11.5. The van der Waals surface area contributed by atoms with Crippen molar-refractivity contribution >= 4 is 17.8 Å². The van der Waals surface area contributed by atoms with Crippen LogP contribution < -0.4 is 10.6 Å². The molecular formula is C36H58FN5O5. The quantitative estimate of drug-likeness (QED) is 0.397. The number of amides is 2. The maximum Gasteiger partial charge on any atom is 0.407 e. The molecule has 2 saturated heterocycles. The van der Waals surface area contributed by atoms with Crippen molar-refractivity contribution in [1.82, 2.24) is 25.3 Å². The van der Waals surface area contributed by atoms with Gasteiger partial charge < -0.3 is 29.9 Å². The van der Waals surface area contributed by atoms with Crippen molar-refractivity contribution in [1.29, 1.82) is 0 Å². The van der Waals surface area contributed by atoms with E-state index in [0.29, 0.717) is 37.9 Å². The summed E-state index contributed by atoms with van der Waals surface area (Å²) in [5.74, 6) is -0.0498. The van der Waals surface area contributed by atoms with E-state index in [-0.39, 0.29) is 53.3 Å². The van der Waals surface area contributed by atoms with Crippen LogP contribution in [0.15, 0.2) is 11.8 Å². The molecule has 0 bridgehead atoms. The van der Waals surface area contributed by atoms with Crippen LogP contribution in [0.2, 0.25) is 0 Å². The van der Waals surface area contributed by atoms with Crippen LogP contribution >= 0.6 is 0 Å². The lowest BCUT2D eigenvalue weighted by atomic mass is 9.64. The van der Waals surface area contributed by atoms with Crippen molar-refractivity contribution in [3.8, 4) is 0 Å². The molecule has 0 spiro atoms. The van der Waals surface area contributed by atoms with Crippen LogP contribution in [0.25, 0.3) is 0 Å². The van der Waals surface area contributed by atoms with Gasteiger partial charge in [-0.1, -0.05) is 39.5 Å². The highest BCUT2D eigenvalue weighted by molar-refractivity contribution is 6.20. The molecule has 10 nitrogen and oxygen atoms in total. The van der Waals surface area contributed by atoms with Gasteiger partial charge >= 0.3 is 6.09 Å². The number of nitrogens with zero attached hydrogens (tertiary/aromatic N) is 3. The molecule has 3 heterocycles. The van der Waals surface area contributed by atoms with E-state index in [9.17, 15) is 14.4 Å². The summed E-state index contributed by atoms with van der Waals surface area (Å²) in [5, 5.41) is 6.03. The van der Waals surface area contributed by atoms with Gasteiger partial charge in [0.1, 0.15) is 11.8 Å². The standard InChI is InChI=1S/C36H58FN5O5/c1-35(2,3)47-34(45)39-23-12-13-41(17-23)30-26(37)16-24-29-32(30)46-28-15-22-11-9-8-10-21(22)14-27(28)42(29)18-25(31(24)43)33(44)38-19-36(4,5)20-40(6)7/h18,21-24,26-30,32H,8-17,19-20H2,1-7H3,(H,38,44)(H,39,45). The Bertz CT molecular complexity index is 1230. The second-order valence-electron chi connectivity index (χ2n) is 17.4. The molecule has 2 amide bonds. The van der Waals surface area contributed by atoms with E-state index in [2.05, 4.69) is 39.2 Å². The highest BCUT2D eigenvalue weighted by Gasteiger charge is 2.61. The fraction of sp³-hybridized carbons (Fsp3) is 0.861. The molecule has 264 valence electrons. The molecule has 0 radical (unpaired) electrons. The number of ketones is 1. The highest BCUT2D eigenvalue weighted by atomic mass is 19.1. The van der Waals surface area contributed by atoms with Crippen molar-refractivity contribution in [3.63, 3.8) is 0 Å². The van der Waals surface area contributed by atoms with E-state index in [0.717, 1.165) is 19.4 Å². The van der Waals surface area contributed by atoms with Gasteiger partial charge in [-0.3, -0.25) is 14.5 Å². The maximum absolute atomic E-state index is 16.6. The Morgan fingerprint density at radius 1 is 1.04 bits per heavy atom. The topological polar surface area (TPSA) is 103 Å². The SMILES string of the molecule is CN(C)CC(C)(C)CNC(=O)C1=CN2C3CC4CCCCC4CC3OC3C(N4CCC(NC(=O)OC(C)(C)C)C4)C(F)CC(C1=O)C32. The van der Waals surface area contributed by atoms with Crippen molar-refractivity contribution in [2.75, 3.05) is 40.3 Å². The fourth-order valence-corrected chi connectivity index (χ4v) is 9.84. The third-order valence-electron chi connectivity index (χ3n) is 11.5. The Hall–Kier alpha value is -2.24. The van der Waals surface area contributed by atoms with E-state index < -0.39 is 35.9 Å². The van der Waals surface area contributed by atoms with Crippen LogP contribution in [0.5, 0.6) is 0 Å². The van der Waals surface area contributed by atoms with Crippen LogP contribution in [-0.2, 0) is 19.1 Å². The molecule has 0 aromatic rings. The molecule has 3 aliphatic heterocycles. The minimum atomic E-state index is -1.30. The van der Waals surface area contributed by atoms with E-state index in [1.807, 2.05) is 41.1 Å². The molecule has 6 aliphatic rings. The number of halogens is 1. The summed E-state index contributed by atoms with van der Waals surface area (Å²) >= 11 is 0. The van der Waals surface area contributed by atoms with Gasteiger partial charge in [-0.05, 0) is 77.8 Å². The first-order chi connectivity index (χ1) is 22.1. The summed E-state index contributed by atoms with van der Waals surface area (Å²) in [6.07, 6.45) is 7.08. The van der Waals surface area contributed by atoms with Crippen LogP contribution in [0.3, 0.4) is 0 Å². The lowest BCUT2D eigenvalue weighted by Gasteiger charge is -2.61. The number of carbonyl (C=O) groups is 3. The average molecular weight is 660 g/mol. The second-order valence-corrected chi connectivity index (χ2v) is 17.4.